The van der Waals surface area contributed by atoms with Crippen molar-refractivity contribution in [2.24, 2.45) is 0 Å². The maximum absolute atomic E-state index is 5.77. The molecule has 2 aromatic rings. The molecule has 2 rings (SSSR count). The number of nitrogens with one attached hydrogen (secondary N) is 1. The van der Waals surface area contributed by atoms with Gasteiger partial charge in [0.1, 0.15) is 11.6 Å². The number of anilines is 1. The SMILES string of the molecule is COc1ccc(C)c(-c2cn[nH]c2N)c1. The van der Waals surface area contributed by atoms with Gasteiger partial charge in [-0.3, -0.25) is 5.10 Å². The number of nitrogens with two attached hydrogens (primary N) is 1. The number of ether oxygens (including phenoxy) is 1. The summed E-state index contributed by atoms with van der Waals surface area (Å²) in [5.41, 5.74) is 8.87. The van der Waals surface area contributed by atoms with Gasteiger partial charge in [0.2, 0.25) is 0 Å². The number of H-pyrrole nitrogens is 1. The lowest BCUT2D eigenvalue weighted by molar-refractivity contribution is 0.415. The third-order valence-corrected chi connectivity index (χ3v) is 2.40. The Labute approximate surface area is 88.1 Å². The van der Waals surface area contributed by atoms with Crippen LogP contribution in [0.5, 0.6) is 5.75 Å². The number of hydrogen-bond acceptors (Lipinski definition) is 3. The van der Waals surface area contributed by atoms with Crippen LogP contribution in [0.25, 0.3) is 11.1 Å². The highest BCUT2D eigenvalue weighted by molar-refractivity contribution is 5.76. The lowest BCUT2D eigenvalue weighted by Gasteiger charge is -2.07. The van der Waals surface area contributed by atoms with Crippen LogP contribution in [0, 0.1) is 6.92 Å². The van der Waals surface area contributed by atoms with E-state index in [2.05, 4.69) is 10.2 Å². The van der Waals surface area contributed by atoms with E-state index in [4.69, 9.17) is 10.5 Å². The Morgan fingerprint density at radius 1 is 1.33 bits per heavy atom. The summed E-state index contributed by atoms with van der Waals surface area (Å²) in [5, 5.41) is 6.62. The molecule has 1 aromatic heterocycles. The standard InChI is InChI=1S/C11H13N3O/c1-7-3-4-8(15-2)5-9(7)10-6-13-14-11(10)12/h3-6H,1-2H3,(H3,12,13,14). The summed E-state index contributed by atoms with van der Waals surface area (Å²) in [7, 11) is 1.65. The summed E-state index contributed by atoms with van der Waals surface area (Å²) in [6.07, 6.45) is 1.72. The molecular weight excluding hydrogens is 190 g/mol. The molecule has 0 aliphatic carbocycles. The Hall–Kier alpha value is -1.97. The number of nitrogen functional groups attached to an aromatic ring is 1. The minimum absolute atomic E-state index is 0.575. The molecule has 0 bridgehead atoms. The van der Waals surface area contributed by atoms with Gasteiger partial charge < -0.3 is 10.5 Å². The van der Waals surface area contributed by atoms with Crippen molar-refractivity contribution in [1.82, 2.24) is 10.2 Å². The van der Waals surface area contributed by atoms with Gasteiger partial charge in [0.25, 0.3) is 0 Å². The van der Waals surface area contributed by atoms with Crippen molar-refractivity contribution in [2.75, 3.05) is 12.8 Å². The van der Waals surface area contributed by atoms with Gasteiger partial charge in [-0.05, 0) is 30.2 Å². The van der Waals surface area contributed by atoms with Gasteiger partial charge in [-0.2, -0.15) is 5.10 Å². The van der Waals surface area contributed by atoms with E-state index in [1.54, 1.807) is 13.3 Å². The van der Waals surface area contributed by atoms with E-state index in [1.165, 1.54) is 0 Å². The molecule has 0 saturated heterocycles. The Bertz CT molecular complexity index is 476. The maximum atomic E-state index is 5.77. The number of benzene rings is 1. The van der Waals surface area contributed by atoms with Crippen molar-refractivity contribution in [3.05, 3.63) is 30.0 Å². The van der Waals surface area contributed by atoms with Gasteiger partial charge >= 0.3 is 0 Å². The molecule has 0 amide bonds. The van der Waals surface area contributed by atoms with Gasteiger partial charge in [-0.15, -0.1) is 0 Å². The smallest absolute Gasteiger partial charge is 0.126 e. The van der Waals surface area contributed by atoms with Crippen molar-refractivity contribution >= 4 is 5.82 Å². The first kappa shape index (κ1) is 9.58. The molecule has 3 N–H and O–H groups in total. The number of aryl methyl sites for hydroxylation is 1. The average molecular weight is 203 g/mol. The topological polar surface area (TPSA) is 63.9 Å². The minimum Gasteiger partial charge on any atom is -0.497 e. The second-order valence-corrected chi connectivity index (χ2v) is 3.38. The van der Waals surface area contributed by atoms with Gasteiger partial charge in [0, 0.05) is 5.56 Å². The third kappa shape index (κ3) is 1.66. The fourth-order valence-electron chi connectivity index (χ4n) is 1.53. The van der Waals surface area contributed by atoms with Gasteiger partial charge in [-0.1, -0.05) is 6.07 Å². The van der Waals surface area contributed by atoms with E-state index in [0.717, 1.165) is 22.4 Å². The Morgan fingerprint density at radius 3 is 2.73 bits per heavy atom. The first-order valence-electron chi connectivity index (χ1n) is 4.66. The summed E-state index contributed by atoms with van der Waals surface area (Å²) in [4.78, 5) is 0. The molecule has 15 heavy (non-hydrogen) atoms. The molecule has 0 spiro atoms. The number of methoxy groups -OCH3 is 1. The van der Waals surface area contributed by atoms with Crippen LogP contribution in [0.4, 0.5) is 5.82 Å². The summed E-state index contributed by atoms with van der Waals surface area (Å²) < 4.78 is 5.18. The van der Waals surface area contributed by atoms with Crippen LogP contribution in [-0.4, -0.2) is 17.3 Å². The van der Waals surface area contributed by atoms with Crippen molar-refractivity contribution < 1.29 is 4.74 Å². The van der Waals surface area contributed by atoms with E-state index in [-0.39, 0.29) is 0 Å². The van der Waals surface area contributed by atoms with Crippen LogP contribution in [0.15, 0.2) is 24.4 Å². The average Bonchev–Trinajstić information content (AvgIpc) is 2.65. The number of aromatic nitrogens is 2. The highest BCUT2D eigenvalue weighted by Gasteiger charge is 2.08. The Kier molecular flexibility index (Phi) is 2.33. The van der Waals surface area contributed by atoms with Crippen LogP contribution in [-0.2, 0) is 0 Å². The molecule has 0 fully saturated rings. The van der Waals surface area contributed by atoms with E-state index in [0.29, 0.717) is 5.82 Å². The highest BCUT2D eigenvalue weighted by atomic mass is 16.5. The molecule has 0 aliphatic rings. The molecular formula is C11H13N3O. The molecule has 0 aliphatic heterocycles. The molecule has 0 atom stereocenters. The molecule has 78 valence electrons. The van der Waals surface area contributed by atoms with Crippen LogP contribution in [0.3, 0.4) is 0 Å². The zero-order valence-corrected chi connectivity index (χ0v) is 8.74. The molecule has 4 heteroatoms. The molecule has 0 unspecified atom stereocenters. The van der Waals surface area contributed by atoms with Gasteiger partial charge in [0.15, 0.2) is 0 Å². The third-order valence-electron chi connectivity index (χ3n) is 2.40. The number of aromatic amines is 1. The zero-order valence-electron chi connectivity index (χ0n) is 8.74. The van der Waals surface area contributed by atoms with Gasteiger partial charge in [0.05, 0.1) is 13.3 Å². The minimum atomic E-state index is 0.575. The summed E-state index contributed by atoms with van der Waals surface area (Å²) in [5.74, 6) is 1.39. The zero-order chi connectivity index (χ0) is 10.8. The van der Waals surface area contributed by atoms with Crippen LogP contribution in [0.1, 0.15) is 5.56 Å². The predicted molar refractivity (Wildman–Crippen MR) is 59.7 cm³/mol. The van der Waals surface area contributed by atoms with Crippen molar-refractivity contribution in [3.8, 4) is 16.9 Å². The predicted octanol–water partition coefficient (Wildman–Crippen LogP) is 1.98. The fourth-order valence-corrected chi connectivity index (χ4v) is 1.53. The quantitative estimate of drug-likeness (QED) is 0.784. The van der Waals surface area contributed by atoms with Crippen LogP contribution < -0.4 is 10.5 Å². The Balaban J connectivity index is 2.56. The second kappa shape index (κ2) is 3.65. The van der Waals surface area contributed by atoms with Crippen molar-refractivity contribution in [1.29, 1.82) is 0 Å². The van der Waals surface area contributed by atoms with Gasteiger partial charge in [-0.25, -0.2) is 0 Å². The first-order chi connectivity index (χ1) is 7.22. The molecule has 0 radical (unpaired) electrons. The highest BCUT2D eigenvalue weighted by Crippen LogP contribution is 2.30. The maximum Gasteiger partial charge on any atom is 0.126 e. The first-order valence-corrected chi connectivity index (χ1v) is 4.66. The summed E-state index contributed by atoms with van der Waals surface area (Å²) in [6, 6.07) is 5.88. The molecule has 0 saturated carbocycles. The van der Waals surface area contributed by atoms with Crippen molar-refractivity contribution in [2.45, 2.75) is 6.92 Å². The number of nitrogens with zero attached hydrogens (tertiary/aromatic N) is 1. The fraction of sp³-hybridized carbons (Fsp3) is 0.182. The largest absolute Gasteiger partial charge is 0.497 e. The van der Waals surface area contributed by atoms with E-state index in [1.807, 2.05) is 25.1 Å². The normalized spacial score (nSPS) is 10.3. The van der Waals surface area contributed by atoms with Crippen LogP contribution >= 0.6 is 0 Å². The number of hydrogen-bond donors (Lipinski definition) is 2. The Morgan fingerprint density at radius 2 is 2.13 bits per heavy atom. The van der Waals surface area contributed by atoms with E-state index < -0.39 is 0 Å². The molecule has 4 nitrogen and oxygen atoms in total. The van der Waals surface area contributed by atoms with E-state index in [9.17, 15) is 0 Å². The van der Waals surface area contributed by atoms with Crippen LogP contribution in [0.2, 0.25) is 0 Å². The van der Waals surface area contributed by atoms with E-state index >= 15 is 0 Å². The molecule has 1 aromatic carbocycles. The van der Waals surface area contributed by atoms with Crippen molar-refractivity contribution in [3.63, 3.8) is 0 Å². The second-order valence-electron chi connectivity index (χ2n) is 3.38. The number of rotatable bonds is 2. The lowest BCUT2D eigenvalue weighted by Crippen LogP contribution is -1.91. The summed E-state index contributed by atoms with van der Waals surface area (Å²) >= 11 is 0. The molecule has 1 heterocycles. The monoisotopic (exact) mass is 203 g/mol. The lowest BCUT2D eigenvalue weighted by atomic mass is 10.0. The summed E-state index contributed by atoms with van der Waals surface area (Å²) in [6.45, 7) is 2.03.